The van der Waals surface area contributed by atoms with E-state index in [2.05, 4.69) is 16.7 Å². The summed E-state index contributed by atoms with van der Waals surface area (Å²) in [6.45, 7) is 2.20. The molecule has 1 amide bonds. The lowest BCUT2D eigenvalue weighted by Crippen LogP contribution is -2.47. The second kappa shape index (κ2) is 5.75. The highest BCUT2D eigenvalue weighted by Gasteiger charge is 2.35. The molecule has 2 rings (SSSR count). The van der Waals surface area contributed by atoms with Crippen molar-refractivity contribution in [2.24, 2.45) is 0 Å². The minimum atomic E-state index is -0.634. The van der Waals surface area contributed by atoms with Crippen molar-refractivity contribution in [1.82, 2.24) is 5.32 Å². The Labute approximate surface area is 113 Å². The van der Waals surface area contributed by atoms with Gasteiger partial charge in [-0.15, -0.1) is 0 Å². The van der Waals surface area contributed by atoms with E-state index in [0.29, 0.717) is 0 Å². The molecule has 0 saturated heterocycles. The zero-order chi connectivity index (χ0) is 13.7. The normalized spacial score (nSPS) is 16.6. The van der Waals surface area contributed by atoms with Crippen molar-refractivity contribution >= 4 is 11.6 Å². The van der Waals surface area contributed by atoms with Crippen LogP contribution in [0.5, 0.6) is 0 Å². The molecule has 1 aromatic carbocycles. The van der Waals surface area contributed by atoms with E-state index in [1.54, 1.807) is 0 Å². The Morgan fingerprint density at radius 3 is 2.68 bits per heavy atom. The highest BCUT2D eigenvalue weighted by atomic mass is 16.2. The third-order valence-corrected chi connectivity index (χ3v) is 3.63. The van der Waals surface area contributed by atoms with Crippen molar-refractivity contribution in [3.05, 3.63) is 29.8 Å². The molecule has 4 nitrogen and oxygen atoms in total. The zero-order valence-electron chi connectivity index (χ0n) is 11.2. The van der Waals surface area contributed by atoms with Crippen LogP contribution in [0.2, 0.25) is 0 Å². The molecule has 0 atom stereocenters. The first-order chi connectivity index (χ1) is 9.15. The number of hydrogen-bond donors (Lipinski definition) is 2. The molecule has 1 aliphatic rings. The van der Waals surface area contributed by atoms with Gasteiger partial charge in [-0.3, -0.25) is 4.79 Å². The van der Waals surface area contributed by atoms with E-state index >= 15 is 0 Å². The molecule has 19 heavy (non-hydrogen) atoms. The fraction of sp³-hybridized carbons (Fsp3) is 0.467. The number of anilines is 1. The van der Waals surface area contributed by atoms with Crippen molar-refractivity contribution in [3.8, 4) is 6.07 Å². The van der Waals surface area contributed by atoms with Gasteiger partial charge in [-0.1, -0.05) is 18.2 Å². The van der Waals surface area contributed by atoms with E-state index in [0.717, 1.165) is 36.9 Å². The highest BCUT2D eigenvalue weighted by Crippen LogP contribution is 2.28. The van der Waals surface area contributed by atoms with Gasteiger partial charge in [0.05, 0.1) is 12.6 Å². The molecular weight excluding hydrogens is 238 g/mol. The standard InChI is InChI=1S/C15H19N3O/c1-12-6-2-3-7-13(12)17-10-14(19)18-15(11-16)8-4-5-9-15/h2-3,6-7,17H,4-5,8-10H2,1H3,(H,18,19). The lowest BCUT2D eigenvalue weighted by Gasteiger charge is -2.22. The van der Waals surface area contributed by atoms with Gasteiger partial charge in [-0.05, 0) is 44.2 Å². The van der Waals surface area contributed by atoms with Gasteiger partial charge >= 0.3 is 0 Å². The smallest absolute Gasteiger partial charge is 0.240 e. The number of carbonyl (C=O) groups is 1. The second-order valence-corrected chi connectivity index (χ2v) is 5.12. The number of nitrogens with one attached hydrogen (secondary N) is 2. The Kier molecular flexibility index (Phi) is 4.06. The molecule has 0 heterocycles. The van der Waals surface area contributed by atoms with Gasteiger partial charge in [0.1, 0.15) is 5.54 Å². The van der Waals surface area contributed by atoms with Crippen LogP contribution < -0.4 is 10.6 Å². The Morgan fingerprint density at radius 2 is 2.05 bits per heavy atom. The highest BCUT2D eigenvalue weighted by molar-refractivity contribution is 5.82. The third-order valence-electron chi connectivity index (χ3n) is 3.63. The predicted octanol–water partition coefficient (Wildman–Crippen LogP) is 2.36. The van der Waals surface area contributed by atoms with Crippen LogP contribution in [0.3, 0.4) is 0 Å². The SMILES string of the molecule is Cc1ccccc1NCC(=O)NC1(C#N)CCCC1. The summed E-state index contributed by atoms with van der Waals surface area (Å²) < 4.78 is 0. The molecule has 0 bridgehead atoms. The molecule has 1 aromatic rings. The largest absolute Gasteiger partial charge is 0.376 e. The molecule has 0 radical (unpaired) electrons. The van der Waals surface area contributed by atoms with E-state index in [4.69, 9.17) is 0 Å². The Balaban J connectivity index is 1.89. The Hall–Kier alpha value is -2.02. The zero-order valence-corrected chi connectivity index (χ0v) is 11.2. The van der Waals surface area contributed by atoms with Gasteiger partial charge in [0.15, 0.2) is 0 Å². The third kappa shape index (κ3) is 3.25. The maximum atomic E-state index is 11.9. The number of amides is 1. The number of benzene rings is 1. The number of nitriles is 1. The first-order valence-electron chi connectivity index (χ1n) is 6.67. The maximum absolute atomic E-state index is 11.9. The number of hydrogen-bond acceptors (Lipinski definition) is 3. The number of carbonyl (C=O) groups excluding carboxylic acids is 1. The lowest BCUT2D eigenvalue weighted by molar-refractivity contribution is -0.120. The van der Waals surface area contributed by atoms with Crippen molar-refractivity contribution in [2.75, 3.05) is 11.9 Å². The van der Waals surface area contributed by atoms with E-state index < -0.39 is 5.54 Å². The summed E-state index contributed by atoms with van der Waals surface area (Å²) in [5.41, 5.74) is 1.42. The monoisotopic (exact) mass is 257 g/mol. The number of nitrogens with zero attached hydrogens (tertiary/aromatic N) is 1. The first kappa shape index (κ1) is 13.4. The fourth-order valence-corrected chi connectivity index (χ4v) is 2.50. The Bertz CT molecular complexity index is 498. The van der Waals surface area contributed by atoms with Crippen molar-refractivity contribution in [2.45, 2.75) is 38.1 Å². The second-order valence-electron chi connectivity index (χ2n) is 5.12. The predicted molar refractivity (Wildman–Crippen MR) is 74.6 cm³/mol. The van der Waals surface area contributed by atoms with Crippen LogP contribution in [0, 0.1) is 18.3 Å². The summed E-state index contributed by atoms with van der Waals surface area (Å²) in [6, 6.07) is 10.1. The van der Waals surface area contributed by atoms with E-state index in [1.165, 1.54) is 0 Å². The molecule has 1 saturated carbocycles. The van der Waals surface area contributed by atoms with Gasteiger partial charge in [0.2, 0.25) is 5.91 Å². The summed E-state index contributed by atoms with van der Waals surface area (Å²) in [4.78, 5) is 11.9. The topological polar surface area (TPSA) is 64.9 Å². The number of aryl methyl sites for hydroxylation is 1. The summed E-state index contributed by atoms with van der Waals surface area (Å²) in [5.74, 6) is -0.119. The fourth-order valence-electron chi connectivity index (χ4n) is 2.50. The summed E-state index contributed by atoms with van der Waals surface area (Å²) in [5, 5.41) is 15.2. The van der Waals surface area contributed by atoms with Crippen molar-refractivity contribution < 1.29 is 4.79 Å². The average Bonchev–Trinajstić information content (AvgIpc) is 2.87. The minimum absolute atomic E-state index is 0.119. The van der Waals surface area contributed by atoms with Crippen LogP contribution in [-0.4, -0.2) is 18.0 Å². The molecule has 0 aliphatic heterocycles. The molecule has 4 heteroatoms. The molecule has 100 valence electrons. The molecular formula is C15H19N3O. The number of rotatable bonds is 4. The molecule has 0 unspecified atom stereocenters. The quantitative estimate of drug-likeness (QED) is 0.870. The van der Waals surface area contributed by atoms with Crippen LogP contribution in [-0.2, 0) is 4.79 Å². The van der Waals surface area contributed by atoms with Crippen LogP contribution in [0.4, 0.5) is 5.69 Å². The van der Waals surface area contributed by atoms with E-state index in [-0.39, 0.29) is 12.5 Å². The number of para-hydroxylation sites is 1. The summed E-state index contributed by atoms with van der Waals surface area (Å²) >= 11 is 0. The van der Waals surface area contributed by atoms with Crippen LogP contribution >= 0.6 is 0 Å². The van der Waals surface area contributed by atoms with Gasteiger partial charge in [0, 0.05) is 5.69 Å². The Morgan fingerprint density at radius 1 is 1.37 bits per heavy atom. The van der Waals surface area contributed by atoms with Crippen LogP contribution in [0.1, 0.15) is 31.2 Å². The molecule has 1 fully saturated rings. The summed E-state index contributed by atoms with van der Waals surface area (Å²) in [7, 11) is 0. The van der Waals surface area contributed by atoms with Gasteiger partial charge in [-0.2, -0.15) is 5.26 Å². The van der Waals surface area contributed by atoms with E-state index in [1.807, 2.05) is 31.2 Å². The maximum Gasteiger partial charge on any atom is 0.240 e. The van der Waals surface area contributed by atoms with Gasteiger partial charge in [-0.25, -0.2) is 0 Å². The molecule has 1 aliphatic carbocycles. The molecule has 2 N–H and O–H groups in total. The lowest BCUT2D eigenvalue weighted by atomic mass is 10.00. The van der Waals surface area contributed by atoms with Crippen LogP contribution in [0.25, 0.3) is 0 Å². The van der Waals surface area contributed by atoms with E-state index in [9.17, 15) is 10.1 Å². The van der Waals surface area contributed by atoms with Crippen molar-refractivity contribution in [1.29, 1.82) is 5.26 Å². The average molecular weight is 257 g/mol. The molecule has 0 spiro atoms. The van der Waals surface area contributed by atoms with Crippen LogP contribution in [0.15, 0.2) is 24.3 Å². The summed E-state index contributed by atoms with van der Waals surface area (Å²) in [6.07, 6.45) is 3.55. The first-order valence-corrected chi connectivity index (χ1v) is 6.67. The minimum Gasteiger partial charge on any atom is -0.376 e. The van der Waals surface area contributed by atoms with Crippen molar-refractivity contribution in [3.63, 3.8) is 0 Å². The molecule has 0 aromatic heterocycles. The van der Waals surface area contributed by atoms with Gasteiger partial charge < -0.3 is 10.6 Å². The van der Waals surface area contributed by atoms with Gasteiger partial charge in [0.25, 0.3) is 0 Å².